The summed E-state index contributed by atoms with van der Waals surface area (Å²) in [7, 11) is 1.50. The SMILES string of the molecule is COc1cc(C(=O)N(Cc2ccc(C(C)C)cc2)C2CC2)ccc1OCC(N)=O. The Kier molecular flexibility index (Phi) is 6.42. The van der Waals surface area contributed by atoms with E-state index < -0.39 is 5.91 Å². The van der Waals surface area contributed by atoms with E-state index >= 15 is 0 Å². The lowest BCUT2D eigenvalue weighted by Crippen LogP contribution is -2.32. The maximum atomic E-state index is 13.2. The number of nitrogens with zero attached hydrogens (tertiary/aromatic N) is 1. The molecule has 154 valence electrons. The van der Waals surface area contributed by atoms with E-state index in [1.165, 1.54) is 12.7 Å². The molecule has 0 aliphatic heterocycles. The number of hydrogen-bond acceptors (Lipinski definition) is 4. The number of rotatable bonds is 9. The highest BCUT2D eigenvalue weighted by atomic mass is 16.5. The van der Waals surface area contributed by atoms with Gasteiger partial charge < -0.3 is 20.1 Å². The van der Waals surface area contributed by atoms with Crippen LogP contribution in [0.2, 0.25) is 0 Å². The Morgan fingerprint density at radius 1 is 1.10 bits per heavy atom. The molecule has 1 fully saturated rings. The quantitative estimate of drug-likeness (QED) is 0.703. The molecule has 2 amide bonds. The summed E-state index contributed by atoms with van der Waals surface area (Å²) in [5, 5.41) is 0. The molecule has 0 spiro atoms. The van der Waals surface area contributed by atoms with E-state index in [4.69, 9.17) is 15.2 Å². The molecule has 1 aliphatic carbocycles. The number of amides is 2. The Labute approximate surface area is 171 Å². The molecular weight excluding hydrogens is 368 g/mol. The van der Waals surface area contributed by atoms with E-state index in [1.54, 1.807) is 18.2 Å². The zero-order chi connectivity index (χ0) is 21.0. The van der Waals surface area contributed by atoms with Crippen molar-refractivity contribution in [3.63, 3.8) is 0 Å². The second-order valence-electron chi connectivity index (χ2n) is 7.68. The Bertz CT molecular complexity index is 873. The second-order valence-corrected chi connectivity index (χ2v) is 7.68. The van der Waals surface area contributed by atoms with Gasteiger partial charge in [0.2, 0.25) is 0 Å². The summed E-state index contributed by atoms with van der Waals surface area (Å²) in [5.74, 6) is 0.642. The largest absolute Gasteiger partial charge is 0.493 e. The van der Waals surface area contributed by atoms with E-state index in [9.17, 15) is 9.59 Å². The molecule has 0 unspecified atom stereocenters. The molecule has 1 saturated carbocycles. The molecule has 6 heteroatoms. The van der Waals surface area contributed by atoms with Crippen LogP contribution < -0.4 is 15.2 Å². The molecule has 2 aromatic rings. The lowest BCUT2D eigenvalue weighted by atomic mass is 10.0. The fourth-order valence-corrected chi connectivity index (χ4v) is 3.19. The molecule has 3 rings (SSSR count). The highest BCUT2D eigenvalue weighted by Crippen LogP contribution is 2.33. The third-order valence-corrected chi connectivity index (χ3v) is 5.03. The van der Waals surface area contributed by atoms with Crippen LogP contribution in [0.25, 0.3) is 0 Å². The van der Waals surface area contributed by atoms with Gasteiger partial charge in [-0.25, -0.2) is 0 Å². The molecule has 1 aliphatic rings. The maximum absolute atomic E-state index is 13.2. The van der Waals surface area contributed by atoms with Gasteiger partial charge in [-0.05, 0) is 48.1 Å². The zero-order valence-electron chi connectivity index (χ0n) is 17.2. The third-order valence-electron chi connectivity index (χ3n) is 5.03. The van der Waals surface area contributed by atoms with Crippen molar-refractivity contribution < 1.29 is 19.1 Å². The molecule has 6 nitrogen and oxygen atoms in total. The predicted molar refractivity (Wildman–Crippen MR) is 111 cm³/mol. The Morgan fingerprint density at radius 3 is 2.34 bits per heavy atom. The topological polar surface area (TPSA) is 81.9 Å². The van der Waals surface area contributed by atoms with Gasteiger partial charge in [-0.2, -0.15) is 0 Å². The number of nitrogens with two attached hydrogens (primary N) is 1. The lowest BCUT2D eigenvalue weighted by Gasteiger charge is -2.23. The van der Waals surface area contributed by atoms with Crippen LogP contribution in [-0.4, -0.2) is 36.5 Å². The van der Waals surface area contributed by atoms with E-state index in [0.717, 1.165) is 18.4 Å². The molecular formula is C23H28N2O4. The fourth-order valence-electron chi connectivity index (χ4n) is 3.19. The first kappa shape index (κ1) is 20.7. The van der Waals surface area contributed by atoms with Crippen LogP contribution in [0.3, 0.4) is 0 Å². The van der Waals surface area contributed by atoms with Gasteiger partial charge in [0.05, 0.1) is 7.11 Å². The third kappa shape index (κ3) is 5.28. The highest BCUT2D eigenvalue weighted by molar-refractivity contribution is 5.95. The molecule has 0 heterocycles. The van der Waals surface area contributed by atoms with E-state index in [2.05, 4.69) is 38.1 Å². The van der Waals surface area contributed by atoms with Gasteiger partial charge in [0.25, 0.3) is 11.8 Å². The van der Waals surface area contributed by atoms with Crippen LogP contribution in [0.1, 0.15) is 54.1 Å². The summed E-state index contributed by atoms with van der Waals surface area (Å²) in [6, 6.07) is 13.7. The lowest BCUT2D eigenvalue weighted by molar-refractivity contribution is -0.119. The van der Waals surface area contributed by atoms with Gasteiger partial charge in [-0.1, -0.05) is 38.1 Å². The minimum atomic E-state index is -0.574. The molecule has 0 bridgehead atoms. The van der Waals surface area contributed by atoms with Gasteiger partial charge >= 0.3 is 0 Å². The Hall–Kier alpha value is -3.02. The van der Waals surface area contributed by atoms with Gasteiger partial charge in [0.1, 0.15) is 0 Å². The molecule has 0 aromatic heterocycles. The first-order chi connectivity index (χ1) is 13.9. The van der Waals surface area contributed by atoms with Gasteiger partial charge in [0.15, 0.2) is 18.1 Å². The summed E-state index contributed by atoms with van der Waals surface area (Å²) in [6.07, 6.45) is 2.04. The normalized spacial score (nSPS) is 13.2. The van der Waals surface area contributed by atoms with E-state index in [-0.39, 0.29) is 18.6 Å². The van der Waals surface area contributed by atoms with Crippen LogP contribution in [0.15, 0.2) is 42.5 Å². The fraction of sp³-hybridized carbons (Fsp3) is 0.391. The van der Waals surface area contributed by atoms with Crippen LogP contribution >= 0.6 is 0 Å². The van der Waals surface area contributed by atoms with Crippen molar-refractivity contribution in [2.24, 2.45) is 5.73 Å². The molecule has 0 atom stereocenters. The van der Waals surface area contributed by atoms with Gasteiger partial charge in [0, 0.05) is 18.2 Å². The first-order valence-corrected chi connectivity index (χ1v) is 9.88. The van der Waals surface area contributed by atoms with Crippen molar-refractivity contribution in [2.45, 2.75) is 45.2 Å². The average Bonchev–Trinajstić information content (AvgIpc) is 3.55. The van der Waals surface area contributed by atoms with E-state index in [0.29, 0.717) is 29.5 Å². The maximum Gasteiger partial charge on any atom is 0.255 e. The number of primary amides is 1. The second kappa shape index (κ2) is 8.99. The number of carbonyl (C=O) groups is 2. The minimum Gasteiger partial charge on any atom is -0.493 e. The molecule has 0 saturated heterocycles. The number of ether oxygens (including phenoxy) is 2. The number of carbonyl (C=O) groups excluding carboxylic acids is 2. The van der Waals surface area contributed by atoms with Gasteiger partial charge in [-0.3, -0.25) is 9.59 Å². The Balaban J connectivity index is 1.77. The number of hydrogen-bond donors (Lipinski definition) is 1. The van der Waals surface area contributed by atoms with E-state index in [1.807, 2.05) is 4.90 Å². The number of methoxy groups -OCH3 is 1. The van der Waals surface area contributed by atoms with Crippen molar-refractivity contribution in [1.82, 2.24) is 4.90 Å². The van der Waals surface area contributed by atoms with Crippen molar-refractivity contribution >= 4 is 11.8 Å². The van der Waals surface area contributed by atoms with Crippen molar-refractivity contribution in [3.8, 4) is 11.5 Å². The van der Waals surface area contributed by atoms with Crippen LogP contribution in [0, 0.1) is 0 Å². The summed E-state index contributed by atoms with van der Waals surface area (Å²) >= 11 is 0. The molecule has 0 radical (unpaired) electrons. The van der Waals surface area contributed by atoms with Crippen molar-refractivity contribution in [2.75, 3.05) is 13.7 Å². The summed E-state index contributed by atoms with van der Waals surface area (Å²) in [4.78, 5) is 26.1. The van der Waals surface area contributed by atoms with Crippen molar-refractivity contribution in [3.05, 3.63) is 59.2 Å². The Morgan fingerprint density at radius 2 is 1.79 bits per heavy atom. The smallest absolute Gasteiger partial charge is 0.255 e. The highest BCUT2D eigenvalue weighted by Gasteiger charge is 2.33. The van der Waals surface area contributed by atoms with Crippen LogP contribution in [0.4, 0.5) is 0 Å². The summed E-state index contributed by atoms with van der Waals surface area (Å²) < 4.78 is 10.7. The zero-order valence-corrected chi connectivity index (χ0v) is 17.2. The van der Waals surface area contributed by atoms with Crippen molar-refractivity contribution in [1.29, 1.82) is 0 Å². The predicted octanol–water partition coefficient (Wildman–Crippen LogP) is 3.49. The molecule has 2 aromatic carbocycles. The van der Waals surface area contributed by atoms with Gasteiger partial charge in [-0.15, -0.1) is 0 Å². The molecule has 29 heavy (non-hydrogen) atoms. The summed E-state index contributed by atoms with van der Waals surface area (Å²) in [6.45, 7) is 4.66. The standard InChI is InChI=1S/C23H28N2O4/c1-15(2)17-6-4-16(5-7-17)13-25(19-9-10-19)23(27)18-8-11-20(21(12-18)28-3)29-14-22(24)26/h4-8,11-12,15,19H,9-10,13-14H2,1-3H3,(H2,24,26). The molecule has 2 N–H and O–H groups in total. The first-order valence-electron chi connectivity index (χ1n) is 9.88. The number of benzene rings is 2. The minimum absolute atomic E-state index is 0.0415. The average molecular weight is 396 g/mol. The summed E-state index contributed by atoms with van der Waals surface area (Å²) in [5.41, 5.74) is 8.05. The van der Waals surface area contributed by atoms with Crippen LogP contribution in [-0.2, 0) is 11.3 Å². The van der Waals surface area contributed by atoms with Crippen LogP contribution in [0.5, 0.6) is 11.5 Å². The monoisotopic (exact) mass is 396 g/mol.